The van der Waals surface area contributed by atoms with E-state index >= 15 is 0 Å². The van der Waals surface area contributed by atoms with Gasteiger partial charge in [-0.15, -0.1) is 12.4 Å². The summed E-state index contributed by atoms with van der Waals surface area (Å²) < 4.78 is 7.00. The van der Waals surface area contributed by atoms with Crippen LogP contribution in [0, 0.1) is 0 Å². The van der Waals surface area contributed by atoms with Crippen LogP contribution < -0.4 is 5.73 Å². The largest absolute Gasteiger partial charge is 0.388 e. The zero-order valence-electron chi connectivity index (χ0n) is 11.1. The number of aliphatic hydroxyl groups is 3. The van der Waals surface area contributed by atoms with Crippen LogP contribution in [0.1, 0.15) is 13.2 Å². The predicted molar refractivity (Wildman–Crippen MR) is 74.6 cm³/mol. The molecule has 0 amide bonds. The van der Waals surface area contributed by atoms with E-state index in [9.17, 15) is 15.3 Å². The summed E-state index contributed by atoms with van der Waals surface area (Å²) in [6.45, 7) is 1.61. The average Bonchev–Trinajstić information content (AvgIpc) is 2.86. The van der Waals surface area contributed by atoms with Crippen molar-refractivity contribution in [3.8, 4) is 0 Å². The first-order valence-electron chi connectivity index (χ1n) is 6.13. The van der Waals surface area contributed by atoms with Crippen molar-refractivity contribution in [1.82, 2.24) is 19.5 Å². The smallest absolute Gasteiger partial charge is 0.167 e. The Morgan fingerprint density at radius 1 is 1.14 bits per heavy atom. The van der Waals surface area contributed by atoms with Gasteiger partial charge in [-0.3, -0.25) is 4.57 Å². The number of rotatable bonds is 1. The van der Waals surface area contributed by atoms with Crippen LogP contribution in [0.2, 0.25) is 0 Å². The lowest BCUT2D eigenvalue weighted by Crippen LogP contribution is -2.54. The van der Waals surface area contributed by atoms with E-state index in [1.807, 2.05) is 0 Å². The minimum absolute atomic E-state index is 0. The molecule has 2 aromatic heterocycles. The first kappa shape index (κ1) is 15.9. The molecular weight excluding hydrogens is 302 g/mol. The van der Waals surface area contributed by atoms with Crippen LogP contribution >= 0.6 is 12.4 Å². The minimum Gasteiger partial charge on any atom is -0.388 e. The van der Waals surface area contributed by atoms with Gasteiger partial charge in [0.05, 0.1) is 12.4 Å². The van der Waals surface area contributed by atoms with Crippen molar-refractivity contribution in [2.45, 2.75) is 37.6 Å². The number of aromatic nitrogens is 4. The molecule has 5 unspecified atom stereocenters. The Labute approximate surface area is 125 Å². The van der Waals surface area contributed by atoms with Crippen molar-refractivity contribution in [3.63, 3.8) is 0 Å². The van der Waals surface area contributed by atoms with Gasteiger partial charge in [-0.2, -0.15) is 0 Å². The summed E-state index contributed by atoms with van der Waals surface area (Å²) in [5, 5.41) is 29.6. The van der Waals surface area contributed by atoms with Gasteiger partial charge in [0.2, 0.25) is 0 Å². The number of hydrogen-bond donors (Lipinski definition) is 4. The third-order valence-electron chi connectivity index (χ3n) is 3.49. The zero-order valence-corrected chi connectivity index (χ0v) is 11.9. The number of nitrogens with zero attached hydrogens (tertiary/aromatic N) is 4. The van der Waals surface area contributed by atoms with Crippen molar-refractivity contribution >= 4 is 29.4 Å². The molecule has 1 aliphatic rings. The Bertz CT molecular complexity index is 638. The summed E-state index contributed by atoms with van der Waals surface area (Å²) in [6, 6.07) is 0. The van der Waals surface area contributed by atoms with Crippen LogP contribution in [0.25, 0.3) is 11.2 Å². The Morgan fingerprint density at radius 3 is 2.57 bits per heavy atom. The third kappa shape index (κ3) is 2.43. The number of aliphatic hydroxyl groups excluding tert-OH is 3. The van der Waals surface area contributed by atoms with Crippen molar-refractivity contribution in [2.24, 2.45) is 0 Å². The maximum absolute atomic E-state index is 10.1. The number of anilines is 1. The van der Waals surface area contributed by atoms with E-state index in [-0.39, 0.29) is 18.2 Å². The fourth-order valence-electron chi connectivity index (χ4n) is 2.32. The van der Waals surface area contributed by atoms with Gasteiger partial charge in [0.15, 0.2) is 17.7 Å². The van der Waals surface area contributed by atoms with E-state index in [4.69, 9.17) is 10.5 Å². The fraction of sp³-hybridized carbons (Fsp3) is 0.545. The number of nitrogen functional groups attached to an aromatic ring is 1. The molecule has 3 heterocycles. The van der Waals surface area contributed by atoms with Gasteiger partial charge >= 0.3 is 0 Å². The van der Waals surface area contributed by atoms with E-state index in [1.165, 1.54) is 17.2 Å². The third-order valence-corrected chi connectivity index (χ3v) is 3.49. The lowest BCUT2D eigenvalue weighted by atomic mass is 9.99. The molecule has 0 spiro atoms. The van der Waals surface area contributed by atoms with Crippen molar-refractivity contribution in [1.29, 1.82) is 0 Å². The van der Waals surface area contributed by atoms with Gasteiger partial charge in [-0.25, -0.2) is 15.0 Å². The molecule has 0 aliphatic carbocycles. The fourth-order valence-corrected chi connectivity index (χ4v) is 2.32. The highest BCUT2D eigenvalue weighted by atomic mass is 35.5. The Morgan fingerprint density at radius 2 is 1.86 bits per heavy atom. The second-order valence-electron chi connectivity index (χ2n) is 4.79. The number of nitrogens with two attached hydrogens (primary N) is 1. The summed E-state index contributed by atoms with van der Waals surface area (Å²) in [5.41, 5.74) is 6.46. The first-order chi connectivity index (χ1) is 9.50. The maximum atomic E-state index is 10.1. The molecule has 0 aromatic carbocycles. The second-order valence-corrected chi connectivity index (χ2v) is 4.79. The van der Waals surface area contributed by atoms with Crippen molar-refractivity contribution in [3.05, 3.63) is 12.7 Å². The highest BCUT2D eigenvalue weighted by Crippen LogP contribution is 2.30. The zero-order chi connectivity index (χ0) is 14.4. The van der Waals surface area contributed by atoms with Crippen LogP contribution in [0.4, 0.5) is 5.82 Å². The molecule has 5 atom stereocenters. The predicted octanol–water partition coefficient (Wildman–Crippen LogP) is -1.17. The lowest BCUT2D eigenvalue weighted by Gasteiger charge is -2.39. The van der Waals surface area contributed by atoms with Crippen LogP contribution in [-0.2, 0) is 4.74 Å². The van der Waals surface area contributed by atoms with E-state index in [1.54, 1.807) is 6.92 Å². The Hall–Kier alpha value is -1.52. The molecule has 1 aliphatic heterocycles. The van der Waals surface area contributed by atoms with Gasteiger partial charge in [-0.05, 0) is 6.92 Å². The molecule has 21 heavy (non-hydrogen) atoms. The molecular formula is C11H16ClN5O4. The van der Waals surface area contributed by atoms with Crippen LogP contribution in [-0.4, -0.2) is 59.3 Å². The highest BCUT2D eigenvalue weighted by molar-refractivity contribution is 5.85. The summed E-state index contributed by atoms with van der Waals surface area (Å²) in [7, 11) is 0. The highest BCUT2D eigenvalue weighted by Gasteiger charge is 2.43. The number of imidazole rings is 1. The van der Waals surface area contributed by atoms with Crippen LogP contribution in [0.5, 0.6) is 0 Å². The van der Waals surface area contributed by atoms with Crippen molar-refractivity contribution in [2.75, 3.05) is 5.73 Å². The summed E-state index contributed by atoms with van der Waals surface area (Å²) in [5.74, 6) is 0.215. The Kier molecular flexibility index (Phi) is 4.30. The SMILES string of the molecule is CC1OC(n2cnc3c(N)ncnc32)C(O)C(O)C1O.Cl. The topological polar surface area (TPSA) is 140 Å². The standard InChI is InChI=1S/C11H15N5O4.ClH/c1-4-6(17)7(18)8(19)11(20-4)16-3-15-5-9(12)13-2-14-10(5)16;/h2-4,6-8,11,17-19H,1H3,(H2,12,13,14);1H. The minimum atomic E-state index is -1.32. The quantitative estimate of drug-likeness (QED) is 0.516. The van der Waals surface area contributed by atoms with Gasteiger partial charge < -0.3 is 25.8 Å². The molecule has 116 valence electrons. The van der Waals surface area contributed by atoms with Crippen molar-refractivity contribution < 1.29 is 20.1 Å². The molecule has 10 heteroatoms. The van der Waals surface area contributed by atoms with Gasteiger partial charge in [-0.1, -0.05) is 0 Å². The number of hydrogen-bond acceptors (Lipinski definition) is 8. The number of halogens is 1. The van der Waals surface area contributed by atoms with E-state index in [0.717, 1.165) is 0 Å². The summed E-state index contributed by atoms with van der Waals surface area (Å²) >= 11 is 0. The average molecular weight is 318 g/mol. The van der Waals surface area contributed by atoms with Crippen LogP contribution in [0.15, 0.2) is 12.7 Å². The summed E-state index contributed by atoms with van der Waals surface area (Å²) in [4.78, 5) is 12.0. The lowest BCUT2D eigenvalue weighted by molar-refractivity contribution is -0.239. The normalized spacial score (nSPS) is 32.9. The maximum Gasteiger partial charge on any atom is 0.167 e. The molecule has 1 saturated heterocycles. The molecule has 5 N–H and O–H groups in total. The molecule has 0 saturated carbocycles. The molecule has 0 radical (unpaired) electrons. The second kappa shape index (κ2) is 5.70. The molecule has 0 bridgehead atoms. The Balaban J connectivity index is 0.00000161. The van der Waals surface area contributed by atoms with E-state index in [2.05, 4.69) is 15.0 Å². The van der Waals surface area contributed by atoms with Gasteiger partial charge in [0.1, 0.15) is 30.2 Å². The first-order valence-corrected chi connectivity index (χ1v) is 6.13. The van der Waals surface area contributed by atoms with E-state index in [0.29, 0.717) is 11.2 Å². The molecule has 3 rings (SSSR count). The summed E-state index contributed by atoms with van der Waals surface area (Å²) in [6.07, 6.45) is -2.66. The molecule has 9 nitrogen and oxygen atoms in total. The molecule has 2 aromatic rings. The number of fused-ring (bicyclic) bond motifs is 1. The van der Waals surface area contributed by atoms with Gasteiger partial charge in [0, 0.05) is 0 Å². The van der Waals surface area contributed by atoms with E-state index < -0.39 is 30.6 Å². The number of ether oxygens (including phenoxy) is 1. The molecule has 1 fully saturated rings. The van der Waals surface area contributed by atoms with Crippen LogP contribution in [0.3, 0.4) is 0 Å². The monoisotopic (exact) mass is 317 g/mol. The van der Waals surface area contributed by atoms with Gasteiger partial charge in [0.25, 0.3) is 0 Å².